The van der Waals surface area contributed by atoms with Crippen LogP contribution in [0.2, 0.25) is 0 Å². The van der Waals surface area contributed by atoms with E-state index in [2.05, 4.69) is 15.7 Å². The number of aliphatic carboxylic acids is 1. The Morgan fingerprint density at radius 1 is 1.52 bits per heavy atom. The van der Waals surface area contributed by atoms with Gasteiger partial charge < -0.3 is 15.7 Å². The number of hydrogen-bond donors (Lipinski definition) is 3. The van der Waals surface area contributed by atoms with Crippen molar-refractivity contribution in [1.82, 2.24) is 20.4 Å². The van der Waals surface area contributed by atoms with Crippen LogP contribution in [0.25, 0.3) is 0 Å². The van der Waals surface area contributed by atoms with E-state index in [4.69, 9.17) is 5.11 Å². The molecule has 0 fully saturated rings. The second kappa shape index (κ2) is 8.56. The normalized spacial score (nSPS) is 12.0. The maximum Gasteiger partial charge on any atom is 0.326 e. The minimum absolute atomic E-state index is 0.331. The predicted molar refractivity (Wildman–Crippen MR) is 82.4 cm³/mol. The van der Waals surface area contributed by atoms with E-state index >= 15 is 0 Å². The number of carboxylic acid groups (broad SMARTS) is 1. The van der Waals surface area contributed by atoms with Crippen LogP contribution in [0.1, 0.15) is 24.6 Å². The summed E-state index contributed by atoms with van der Waals surface area (Å²) < 4.78 is 1.70. The second-order valence-corrected chi connectivity index (χ2v) is 5.61. The zero-order valence-corrected chi connectivity index (χ0v) is 13.4. The number of hydrogen-bond acceptors (Lipinski definition) is 4. The maximum atomic E-state index is 11.8. The van der Waals surface area contributed by atoms with Crippen molar-refractivity contribution >= 4 is 23.8 Å². The summed E-state index contributed by atoms with van der Waals surface area (Å²) >= 11 is 1.55. The van der Waals surface area contributed by atoms with E-state index in [1.165, 1.54) is 0 Å². The van der Waals surface area contributed by atoms with Crippen LogP contribution in [0.3, 0.4) is 0 Å². The zero-order chi connectivity index (χ0) is 15.8. The van der Waals surface area contributed by atoms with Crippen LogP contribution in [0.15, 0.2) is 6.20 Å². The van der Waals surface area contributed by atoms with Crippen molar-refractivity contribution in [2.75, 3.05) is 12.0 Å². The van der Waals surface area contributed by atoms with Gasteiger partial charge in [0.25, 0.3) is 0 Å². The Kier molecular flexibility index (Phi) is 7.07. The Bertz CT molecular complexity index is 490. The molecule has 1 heterocycles. The lowest BCUT2D eigenvalue weighted by Gasteiger charge is -2.14. The molecule has 0 saturated carbocycles. The number of thioether (sulfide) groups is 1. The number of amides is 2. The number of aromatic nitrogens is 2. The quantitative estimate of drug-likeness (QED) is 0.665. The van der Waals surface area contributed by atoms with Crippen LogP contribution in [-0.4, -0.2) is 44.9 Å². The lowest BCUT2D eigenvalue weighted by Crippen LogP contribution is -2.46. The number of carbonyl (C=O) groups excluding carboxylic acids is 1. The summed E-state index contributed by atoms with van der Waals surface area (Å²) in [7, 11) is 1.83. The molecule has 0 aliphatic rings. The number of urea groups is 1. The molecule has 0 aliphatic heterocycles. The van der Waals surface area contributed by atoms with Gasteiger partial charge in [-0.25, -0.2) is 9.59 Å². The summed E-state index contributed by atoms with van der Waals surface area (Å²) in [5.74, 6) is -0.338. The molecule has 1 rings (SSSR count). The molecular weight excluding hydrogens is 292 g/mol. The Morgan fingerprint density at radius 2 is 2.24 bits per heavy atom. The third-order valence-electron chi connectivity index (χ3n) is 2.98. The molecule has 8 heteroatoms. The number of nitrogens with one attached hydrogen (secondary N) is 2. The average molecular weight is 314 g/mol. The van der Waals surface area contributed by atoms with Crippen molar-refractivity contribution in [1.29, 1.82) is 0 Å². The first-order valence-electron chi connectivity index (χ1n) is 6.75. The number of nitrogens with zero attached hydrogens (tertiary/aromatic N) is 2. The van der Waals surface area contributed by atoms with Gasteiger partial charge in [0.2, 0.25) is 0 Å². The molecule has 0 radical (unpaired) electrons. The molecule has 1 aromatic heterocycles. The summed E-state index contributed by atoms with van der Waals surface area (Å²) in [5, 5.41) is 18.5. The molecular formula is C13H22N4O3S. The van der Waals surface area contributed by atoms with Gasteiger partial charge in [-0.2, -0.15) is 16.9 Å². The lowest BCUT2D eigenvalue weighted by atomic mass is 10.2. The lowest BCUT2D eigenvalue weighted by molar-refractivity contribution is -0.139. The van der Waals surface area contributed by atoms with E-state index in [0.29, 0.717) is 18.7 Å². The fourth-order valence-electron chi connectivity index (χ4n) is 1.91. The molecule has 3 N–H and O–H groups in total. The van der Waals surface area contributed by atoms with E-state index in [1.54, 1.807) is 16.4 Å². The van der Waals surface area contributed by atoms with Gasteiger partial charge >= 0.3 is 12.0 Å². The van der Waals surface area contributed by atoms with Crippen molar-refractivity contribution < 1.29 is 14.7 Å². The van der Waals surface area contributed by atoms with Gasteiger partial charge in [0.15, 0.2) is 0 Å². The third-order valence-corrected chi connectivity index (χ3v) is 3.62. The SMILES string of the molecule is CCc1nn(C)cc1CNC(=O)N[C@@H](CCSC)C(=O)O. The molecule has 0 bridgehead atoms. The first kappa shape index (κ1) is 17.4. The molecule has 1 atom stereocenters. The second-order valence-electron chi connectivity index (χ2n) is 4.63. The molecule has 0 spiro atoms. The Labute approximate surface area is 128 Å². The Morgan fingerprint density at radius 3 is 2.81 bits per heavy atom. The summed E-state index contributed by atoms with van der Waals surface area (Å²) in [6.07, 6.45) is 4.93. The van der Waals surface area contributed by atoms with Gasteiger partial charge in [-0.05, 0) is 24.9 Å². The highest BCUT2D eigenvalue weighted by Gasteiger charge is 2.19. The van der Waals surface area contributed by atoms with Gasteiger partial charge in [0.1, 0.15) is 6.04 Å². The summed E-state index contributed by atoms with van der Waals surface area (Å²) in [6.45, 7) is 2.33. The fraction of sp³-hybridized carbons (Fsp3) is 0.615. The number of carbonyl (C=O) groups is 2. The molecule has 0 aliphatic carbocycles. The van der Waals surface area contributed by atoms with Crippen molar-refractivity contribution in [3.8, 4) is 0 Å². The Balaban J connectivity index is 2.50. The predicted octanol–water partition coefficient (Wildman–Crippen LogP) is 0.988. The van der Waals surface area contributed by atoms with Crippen molar-refractivity contribution in [3.05, 3.63) is 17.5 Å². The summed E-state index contributed by atoms with van der Waals surface area (Å²) in [4.78, 5) is 22.8. The molecule has 2 amide bonds. The molecule has 1 aromatic rings. The maximum absolute atomic E-state index is 11.8. The van der Waals surface area contributed by atoms with Crippen molar-refractivity contribution in [2.24, 2.45) is 7.05 Å². The van der Waals surface area contributed by atoms with Gasteiger partial charge in [-0.15, -0.1) is 0 Å². The van der Waals surface area contributed by atoms with Crippen LogP contribution in [0.5, 0.6) is 0 Å². The third kappa shape index (κ3) is 5.66. The van der Waals surface area contributed by atoms with E-state index < -0.39 is 18.0 Å². The van der Waals surface area contributed by atoms with E-state index in [1.807, 2.05) is 26.4 Å². The molecule has 0 aromatic carbocycles. The monoisotopic (exact) mass is 314 g/mol. The van der Waals surface area contributed by atoms with Crippen LogP contribution in [0, 0.1) is 0 Å². The van der Waals surface area contributed by atoms with Gasteiger partial charge in [0.05, 0.1) is 5.69 Å². The Hall–Kier alpha value is -1.70. The topological polar surface area (TPSA) is 96.3 Å². The molecule has 0 saturated heterocycles. The van der Waals surface area contributed by atoms with E-state index in [0.717, 1.165) is 17.7 Å². The van der Waals surface area contributed by atoms with E-state index in [-0.39, 0.29) is 0 Å². The van der Waals surface area contributed by atoms with Gasteiger partial charge in [-0.1, -0.05) is 6.92 Å². The average Bonchev–Trinajstić information content (AvgIpc) is 2.81. The largest absolute Gasteiger partial charge is 0.480 e. The summed E-state index contributed by atoms with van der Waals surface area (Å²) in [6, 6.07) is -1.34. The van der Waals surface area contributed by atoms with Crippen LogP contribution in [-0.2, 0) is 24.8 Å². The van der Waals surface area contributed by atoms with E-state index in [9.17, 15) is 9.59 Å². The van der Waals surface area contributed by atoms with Crippen molar-refractivity contribution in [3.63, 3.8) is 0 Å². The number of carboxylic acids is 1. The van der Waals surface area contributed by atoms with Gasteiger partial charge in [-0.3, -0.25) is 4.68 Å². The highest BCUT2D eigenvalue weighted by atomic mass is 32.2. The molecule has 118 valence electrons. The standard InChI is InChI=1S/C13H22N4O3S/c1-4-10-9(8-17(2)16-10)7-14-13(20)15-11(12(18)19)5-6-21-3/h8,11H,4-7H2,1-3H3,(H,18,19)(H2,14,15,20)/t11-/m0/s1. The first-order chi connectivity index (χ1) is 9.97. The first-order valence-corrected chi connectivity index (χ1v) is 8.14. The zero-order valence-electron chi connectivity index (χ0n) is 12.5. The highest BCUT2D eigenvalue weighted by Crippen LogP contribution is 2.06. The number of rotatable bonds is 8. The fourth-order valence-corrected chi connectivity index (χ4v) is 2.38. The minimum Gasteiger partial charge on any atom is -0.480 e. The van der Waals surface area contributed by atoms with Gasteiger partial charge in [0, 0.05) is 25.4 Å². The van der Waals surface area contributed by atoms with Crippen LogP contribution < -0.4 is 10.6 Å². The summed E-state index contributed by atoms with van der Waals surface area (Å²) in [5.41, 5.74) is 1.86. The smallest absolute Gasteiger partial charge is 0.326 e. The molecule has 21 heavy (non-hydrogen) atoms. The highest BCUT2D eigenvalue weighted by molar-refractivity contribution is 7.98. The van der Waals surface area contributed by atoms with Crippen molar-refractivity contribution in [2.45, 2.75) is 32.4 Å². The minimum atomic E-state index is -1.02. The number of aryl methyl sites for hydroxylation is 2. The molecule has 0 unspecified atom stereocenters. The molecule has 7 nitrogen and oxygen atoms in total. The van der Waals surface area contributed by atoms with Crippen LogP contribution >= 0.6 is 11.8 Å². The van der Waals surface area contributed by atoms with Crippen LogP contribution in [0.4, 0.5) is 4.79 Å².